The molecule has 6 rings (SSSR count). The highest BCUT2D eigenvalue weighted by Gasteiger charge is 2.60. The molecule has 2 aliphatic carbocycles. The van der Waals surface area contributed by atoms with E-state index in [4.69, 9.17) is 4.74 Å². The molecule has 0 bridgehead atoms. The van der Waals surface area contributed by atoms with Crippen molar-refractivity contribution in [2.45, 2.75) is 70.0 Å². The molecule has 4 nitrogen and oxygen atoms in total. The lowest BCUT2D eigenvalue weighted by molar-refractivity contribution is -0.141. The number of esters is 1. The Morgan fingerprint density at radius 1 is 0.884 bits per heavy atom. The van der Waals surface area contributed by atoms with Crippen molar-refractivity contribution >= 4 is 5.97 Å². The predicted octanol–water partition coefficient (Wildman–Crippen LogP) is 7.40. The van der Waals surface area contributed by atoms with Gasteiger partial charge in [-0.2, -0.15) is 0 Å². The Morgan fingerprint density at radius 3 is 1.91 bits per heavy atom. The van der Waals surface area contributed by atoms with Gasteiger partial charge in [-0.1, -0.05) is 123 Å². The van der Waals surface area contributed by atoms with Crippen LogP contribution in [0.2, 0.25) is 0 Å². The molecular formula is C39H44O4. The molecule has 2 N–H and O–H groups in total. The van der Waals surface area contributed by atoms with Crippen LogP contribution in [0.5, 0.6) is 0 Å². The van der Waals surface area contributed by atoms with Gasteiger partial charge in [0.15, 0.2) is 0 Å². The third-order valence-corrected chi connectivity index (χ3v) is 11.3. The van der Waals surface area contributed by atoms with Crippen LogP contribution in [0.3, 0.4) is 0 Å². The highest BCUT2D eigenvalue weighted by molar-refractivity contribution is 5.91. The Kier molecular flexibility index (Phi) is 7.95. The second-order valence-electron chi connectivity index (χ2n) is 13.6. The van der Waals surface area contributed by atoms with Crippen molar-refractivity contribution in [3.8, 4) is 0 Å². The molecule has 3 aromatic carbocycles. The van der Waals surface area contributed by atoms with E-state index in [-0.39, 0.29) is 23.9 Å². The van der Waals surface area contributed by atoms with E-state index in [1.54, 1.807) is 0 Å². The number of carbonyl (C=O) groups excluding carboxylic acids is 1. The van der Waals surface area contributed by atoms with Gasteiger partial charge in [0.1, 0.15) is 12.7 Å². The smallest absolute Gasteiger partial charge is 0.336 e. The summed E-state index contributed by atoms with van der Waals surface area (Å²) in [5, 5.41) is 22.4. The van der Waals surface area contributed by atoms with Crippen LogP contribution < -0.4 is 0 Å². The zero-order valence-corrected chi connectivity index (χ0v) is 25.4. The molecule has 3 aliphatic rings. The van der Waals surface area contributed by atoms with Crippen molar-refractivity contribution in [1.82, 2.24) is 0 Å². The van der Waals surface area contributed by atoms with Crippen LogP contribution in [0.4, 0.5) is 0 Å². The number of benzene rings is 3. The van der Waals surface area contributed by atoms with Crippen LogP contribution in [-0.4, -0.2) is 35.0 Å². The maximum atomic E-state index is 12.3. The predicted molar refractivity (Wildman–Crippen MR) is 170 cm³/mol. The monoisotopic (exact) mass is 576 g/mol. The summed E-state index contributed by atoms with van der Waals surface area (Å²) in [6.45, 7) is 9.26. The standard InChI is InChI=1S/C39H44O4/c1-27-19-22-34-37(2,32(27)21-20-31-33(40)25-43-36(31)42)24-23-35(41)38(34,3)26-39(28-13-7-4-8-14-28,29-15-9-5-10-16-29)30-17-11-6-12-18-30/h4-18,20,32-35,40-41H,1,19,21-26H2,2-3H3/b31-20+/t32-,33-,34+,35-,37+,38-/m1/s1. The summed E-state index contributed by atoms with van der Waals surface area (Å²) >= 11 is 0. The van der Waals surface area contributed by atoms with Crippen molar-refractivity contribution in [1.29, 1.82) is 0 Å². The molecule has 1 saturated heterocycles. The fraction of sp³-hybridized carbons (Fsp3) is 0.410. The molecule has 4 heteroatoms. The van der Waals surface area contributed by atoms with Crippen molar-refractivity contribution in [2.75, 3.05) is 6.61 Å². The number of ether oxygens (including phenoxy) is 1. The maximum Gasteiger partial charge on any atom is 0.336 e. The molecule has 0 spiro atoms. The summed E-state index contributed by atoms with van der Waals surface area (Å²) in [6, 6.07) is 32.4. The van der Waals surface area contributed by atoms with Gasteiger partial charge in [-0.3, -0.25) is 0 Å². The Labute approximate surface area is 256 Å². The molecule has 0 aromatic heterocycles. The third kappa shape index (κ3) is 4.99. The molecule has 3 fully saturated rings. The SMILES string of the molecule is C=C1CC[C@@H]2[C@@](C)(CC(c3ccccc3)(c3ccccc3)c3ccccc3)[C@H](O)CC[C@@]2(C)[C@@H]1C/C=C1/C(=O)OC[C@H]1O. The minimum Gasteiger partial charge on any atom is -0.459 e. The number of rotatable bonds is 7. The van der Waals surface area contributed by atoms with Crippen LogP contribution in [-0.2, 0) is 14.9 Å². The van der Waals surface area contributed by atoms with E-state index in [2.05, 4.69) is 111 Å². The molecule has 2 saturated carbocycles. The lowest BCUT2D eigenvalue weighted by atomic mass is 9.43. The van der Waals surface area contributed by atoms with E-state index in [1.807, 2.05) is 6.08 Å². The maximum absolute atomic E-state index is 12.3. The second kappa shape index (κ2) is 11.6. The Balaban J connectivity index is 1.47. The topological polar surface area (TPSA) is 66.8 Å². The lowest BCUT2D eigenvalue weighted by Crippen LogP contribution is -2.58. The Hall–Kier alpha value is -3.47. The second-order valence-corrected chi connectivity index (χ2v) is 13.6. The Morgan fingerprint density at radius 2 is 1.42 bits per heavy atom. The first-order chi connectivity index (χ1) is 20.7. The summed E-state index contributed by atoms with van der Waals surface area (Å²) in [7, 11) is 0. The van der Waals surface area contributed by atoms with E-state index in [0.717, 1.165) is 25.7 Å². The fourth-order valence-electron chi connectivity index (χ4n) is 9.13. The first-order valence-corrected chi connectivity index (χ1v) is 15.8. The molecule has 0 unspecified atom stereocenters. The number of allylic oxidation sites excluding steroid dienone is 2. The van der Waals surface area contributed by atoms with Gasteiger partial charge in [-0.15, -0.1) is 0 Å². The quantitative estimate of drug-likeness (QED) is 0.133. The summed E-state index contributed by atoms with van der Waals surface area (Å²) in [6.07, 6.45) is 5.42. The van der Waals surface area contributed by atoms with Crippen LogP contribution in [0.25, 0.3) is 0 Å². The van der Waals surface area contributed by atoms with E-state index in [1.165, 1.54) is 22.3 Å². The van der Waals surface area contributed by atoms with Gasteiger partial charge in [0, 0.05) is 5.41 Å². The molecule has 0 amide bonds. The first kappa shape index (κ1) is 29.6. The van der Waals surface area contributed by atoms with Gasteiger partial charge in [0.25, 0.3) is 0 Å². The summed E-state index contributed by atoms with van der Waals surface area (Å²) < 4.78 is 5.09. The average molecular weight is 577 g/mol. The number of aliphatic hydroxyl groups excluding tert-OH is 2. The normalized spacial score (nSPS) is 32.0. The largest absolute Gasteiger partial charge is 0.459 e. The minimum absolute atomic E-state index is 0.0287. The van der Waals surface area contributed by atoms with Gasteiger partial charge >= 0.3 is 5.97 Å². The van der Waals surface area contributed by atoms with Gasteiger partial charge in [0.2, 0.25) is 0 Å². The van der Waals surface area contributed by atoms with Crippen LogP contribution in [0.15, 0.2) is 115 Å². The average Bonchev–Trinajstić information content (AvgIpc) is 3.35. The minimum atomic E-state index is -0.866. The summed E-state index contributed by atoms with van der Waals surface area (Å²) in [4.78, 5) is 12.3. The number of aliphatic hydroxyl groups is 2. The molecule has 0 radical (unpaired) electrons. The van der Waals surface area contributed by atoms with Crippen molar-refractivity contribution in [2.24, 2.45) is 22.7 Å². The molecule has 3 aromatic rings. The molecule has 224 valence electrons. The van der Waals surface area contributed by atoms with E-state index in [0.29, 0.717) is 18.4 Å². The van der Waals surface area contributed by atoms with Crippen LogP contribution >= 0.6 is 0 Å². The zero-order valence-electron chi connectivity index (χ0n) is 25.4. The lowest BCUT2D eigenvalue weighted by Gasteiger charge is -2.62. The third-order valence-electron chi connectivity index (χ3n) is 11.3. The number of carbonyl (C=O) groups is 1. The fourth-order valence-corrected chi connectivity index (χ4v) is 9.13. The molecular weight excluding hydrogens is 532 g/mol. The molecule has 6 atom stereocenters. The highest BCUT2D eigenvalue weighted by Crippen LogP contribution is 2.65. The van der Waals surface area contributed by atoms with E-state index < -0.39 is 29.0 Å². The van der Waals surface area contributed by atoms with Gasteiger partial charge in [-0.25, -0.2) is 4.79 Å². The highest BCUT2D eigenvalue weighted by atomic mass is 16.6. The number of hydrogen-bond acceptors (Lipinski definition) is 4. The van der Waals surface area contributed by atoms with Gasteiger partial charge in [0.05, 0.1) is 11.7 Å². The number of cyclic esters (lactones) is 1. The molecule has 1 aliphatic heterocycles. The van der Waals surface area contributed by atoms with Crippen molar-refractivity contribution in [3.63, 3.8) is 0 Å². The Bertz CT molecular complexity index is 1380. The van der Waals surface area contributed by atoms with Gasteiger partial charge < -0.3 is 14.9 Å². The summed E-state index contributed by atoms with van der Waals surface area (Å²) in [5.74, 6) is -0.0442. The van der Waals surface area contributed by atoms with Crippen LogP contribution in [0, 0.1) is 22.7 Å². The molecule has 1 heterocycles. The summed E-state index contributed by atoms with van der Waals surface area (Å²) in [5.41, 5.74) is 4.25. The zero-order chi connectivity index (χ0) is 30.2. The van der Waals surface area contributed by atoms with Crippen molar-refractivity contribution in [3.05, 3.63) is 131 Å². The molecule has 43 heavy (non-hydrogen) atoms. The van der Waals surface area contributed by atoms with Crippen LogP contribution in [0.1, 0.15) is 69.1 Å². The van der Waals surface area contributed by atoms with E-state index in [9.17, 15) is 15.0 Å². The first-order valence-electron chi connectivity index (χ1n) is 15.8. The van der Waals surface area contributed by atoms with E-state index >= 15 is 0 Å². The number of hydrogen-bond donors (Lipinski definition) is 2. The number of fused-ring (bicyclic) bond motifs is 1. The van der Waals surface area contributed by atoms with Crippen molar-refractivity contribution < 1.29 is 19.7 Å². The van der Waals surface area contributed by atoms with Gasteiger partial charge in [-0.05, 0) is 77.9 Å².